The molecule has 3 N–H and O–H groups in total. The van der Waals surface area contributed by atoms with Crippen molar-refractivity contribution < 1.29 is 19.8 Å². The van der Waals surface area contributed by atoms with Crippen LogP contribution in [0.4, 0.5) is 0 Å². The number of rotatable bonds is 10. The van der Waals surface area contributed by atoms with E-state index >= 15 is 0 Å². The first-order valence-corrected chi connectivity index (χ1v) is 9.04. The number of carbonyl (C=O) groups excluding carboxylic acids is 2. The number of phenols is 1. The lowest BCUT2D eigenvalue weighted by Gasteiger charge is -2.26. The van der Waals surface area contributed by atoms with Crippen molar-refractivity contribution in [2.75, 3.05) is 26.7 Å². The van der Waals surface area contributed by atoms with Crippen LogP contribution in [0.3, 0.4) is 0 Å². The van der Waals surface area contributed by atoms with Gasteiger partial charge in [-0.25, -0.2) is 0 Å². The first-order chi connectivity index (χ1) is 12.1. The quantitative estimate of drug-likeness (QED) is 0.550. The minimum Gasteiger partial charge on any atom is -0.508 e. The maximum Gasteiger partial charge on any atom is 0.234 e. The third-order valence-electron chi connectivity index (χ3n) is 4.13. The van der Waals surface area contributed by atoms with Crippen LogP contribution in [-0.2, 0) is 16.0 Å². The van der Waals surface area contributed by atoms with Gasteiger partial charge in [0, 0.05) is 12.0 Å². The summed E-state index contributed by atoms with van der Waals surface area (Å²) in [5, 5.41) is 21.1. The molecule has 6 nitrogen and oxygen atoms in total. The number of nitrogens with one attached hydrogen (secondary N) is 1. The van der Waals surface area contributed by atoms with Gasteiger partial charge in [-0.1, -0.05) is 32.9 Å². The van der Waals surface area contributed by atoms with E-state index in [1.165, 1.54) is 0 Å². The number of phenolic OH excluding ortho intramolecular Hbond substituents is 1. The lowest BCUT2D eigenvalue weighted by atomic mass is 9.84. The highest BCUT2D eigenvalue weighted by molar-refractivity contribution is 5.93. The van der Waals surface area contributed by atoms with Crippen LogP contribution in [0.2, 0.25) is 0 Å². The highest BCUT2D eigenvalue weighted by Gasteiger charge is 2.31. The molecule has 0 aliphatic carbocycles. The molecule has 0 heterocycles. The van der Waals surface area contributed by atoms with Crippen LogP contribution in [-0.4, -0.2) is 59.6 Å². The maximum atomic E-state index is 12.8. The zero-order valence-electron chi connectivity index (χ0n) is 16.3. The second kappa shape index (κ2) is 10.3. The molecule has 0 aliphatic heterocycles. The molecule has 146 valence electrons. The fourth-order valence-electron chi connectivity index (χ4n) is 2.66. The van der Waals surface area contributed by atoms with E-state index in [2.05, 4.69) is 5.32 Å². The molecule has 1 amide bonds. The number of Topliss-reactive ketones (excluding diaryl/α,β-unsaturated/α-hetero) is 1. The number of amides is 1. The summed E-state index contributed by atoms with van der Waals surface area (Å²) in [5.41, 5.74) is 0.309. The summed E-state index contributed by atoms with van der Waals surface area (Å²) in [6, 6.07) is 6.05. The molecule has 0 radical (unpaired) electrons. The van der Waals surface area contributed by atoms with Gasteiger partial charge in [0.2, 0.25) is 5.91 Å². The Morgan fingerprint density at radius 2 is 1.77 bits per heavy atom. The molecule has 26 heavy (non-hydrogen) atoms. The van der Waals surface area contributed by atoms with Gasteiger partial charge in [-0.2, -0.15) is 0 Å². The van der Waals surface area contributed by atoms with Crippen LogP contribution >= 0.6 is 0 Å². The summed E-state index contributed by atoms with van der Waals surface area (Å²) in [5.74, 6) is -0.0549. The molecule has 0 aromatic heterocycles. The van der Waals surface area contributed by atoms with Crippen molar-refractivity contribution >= 4 is 11.7 Å². The van der Waals surface area contributed by atoms with Gasteiger partial charge in [-0.05, 0) is 50.6 Å². The Morgan fingerprint density at radius 3 is 2.31 bits per heavy atom. The van der Waals surface area contributed by atoms with Crippen LogP contribution in [0.25, 0.3) is 0 Å². The second-order valence-corrected chi connectivity index (χ2v) is 7.77. The van der Waals surface area contributed by atoms with Crippen molar-refractivity contribution in [1.82, 2.24) is 10.2 Å². The number of carbonyl (C=O) groups is 2. The third-order valence-corrected chi connectivity index (χ3v) is 4.13. The Morgan fingerprint density at radius 1 is 1.15 bits per heavy atom. The summed E-state index contributed by atoms with van der Waals surface area (Å²) in [4.78, 5) is 27.0. The van der Waals surface area contributed by atoms with Crippen LogP contribution in [0.5, 0.6) is 5.75 Å². The van der Waals surface area contributed by atoms with E-state index in [9.17, 15) is 14.7 Å². The summed E-state index contributed by atoms with van der Waals surface area (Å²) in [6.07, 6.45) is 1.91. The molecule has 0 unspecified atom stereocenters. The molecule has 0 bridgehead atoms. The minimum absolute atomic E-state index is 0.0261. The van der Waals surface area contributed by atoms with Crippen LogP contribution in [0.15, 0.2) is 24.3 Å². The topological polar surface area (TPSA) is 89.9 Å². The van der Waals surface area contributed by atoms with Gasteiger partial charge >= 0.3 is 0 Å². The van der Waals surface area contributed by atoms with Gasteiger partial charge in [0.1, 0.15) is 5.75 Å². The van der Waals surface area contributed by atoms with Crippen molar-refractivity contribution in [1.29, 1.82) is 0 Å². The number of nitrogens with zero attached hydrogens (tertiary/aromatic N) is 1. The zero-order valence-corrected chi connectivity index (χ0v) is 16.3. The van der Waals surface area contributed by atoms with Gasteiger partial charge < -0.3 is 15.5 Å². The molecule has 1 aromatic rings. The average molecular weight is 364 g/mol. The van der Waals surface area contributed by atoms with E-state index in [0.29, 0.717) is 19.4 Å². The molecule has 0 saturated carbocycles. The van der Waals surface area contributed by atoms with E-state index in [0.717, 1.165) is 12.0 Å². The Bertz CT molecular complexity index is 578. The predicted octanol–water partition coefficient (Wildman–Crippen LogP) is 1.74. The Kier molecular flexibility index (Phi) is 8.75. The Balaban J connectivity index is 2.74. The van der Waals surface area contributed by atoms with Crippen molar-refractivity contribution in [3.8, 4) is 5.75 Å². The smallest absolute Gasteiger partial charge is 0.234 e. The van der Waals surface area contributed by atoms with E-state index in [-0.39, 0.29) is 30.6 Å². The highest BCUT2D eigenvalue weighted by Crippen LogP contribution is 2.20. The van der Waals surface area contributed by atoms with E-state index in [1.54, 1.807) is 24.3 Å². The molecule has 1 rings (SSSR count). The molecule has 0 saturated heterocycles. The second-order valence-electron chi connectivity index (χ2n) is 7.77. The summed E-state index contributed by atoms with van der Waals surface area (Å²) >= 11 is 0. The molecule has 1 aromatic carbocycles. The molecule has 0 spiro atoms. The zero-order chi connectivity index (χ0) is 19.7. The number of benzene rings is 1. The molecule has 0 aliphatic rings. The van der Waals surface area contributed by atoms with Gasteiger partial charge in [0.15, 0.2) is 5.78 Å². The van der Waals surface area contributed by atoms with E-state index < -0.39 is 11.5 Å². The average Bonchev–Trinajstić information content (AvgIpc) is 2.54. The van der Waals surface area contributed by atoms with E-state index in [1.807, 2.05) is 32.7 Å². The van der Waals surface area contributed by atoms with Gasteiger partial charge in [-0.15, -0.1) is 0 Å². The Labute approximate surface area is 156 Å². The summed E-state index contributed by atoms with van der Waals surface area (Å²) in [7, 11) is 1.84. The molecular formula is C20H32N2O4. The van der Waals surface area contributed by atoms with Crippen LogP contribution in [0.1, 0.15) is 39.2 Å². The monoisotopic (exact) mass is 364 g/mol. The van der Waals surface area contributed by atoms with Gasteiger partial charge in [0.05, 0.1) is 12.6 Å². The largest absolute Gasteiger partial charge is 0.508 e. The number of hydrogen-bond donors (Lipinski definition) is 3. The van der Waals surface area contributed by atoms with Crippen molar-refractivity contribution in [3.05, 3.63) is 29.8 Å². The number of aliphatic hydroxyl groups is 1. The summed E-state index contributed by atoms with van der Waals surface area (Å²) < 4.78 is 0. The SMILES string of the molecule is CN(CCCCO)CC(=O)N[C@@H](Cc1ccc(O)cc1)C(=O)C(C)(C)C. The lowest BCUT2D eigenvalue weighted by molar-refractivity contribution is -0.132. The predicted molar refractivity (Wildman–Crippen MR) is 102 cm³/mol. The normalized spacial score (nSPS) is 12.8. The number of aliphatic hydroxyl groups excluding tert-OH is 1. The first kappa shape index (κ1) is 22.1. The fourth-order valence-corrected chi connectivity index (χ4v) is 2.66. The molecule has 0 fully saturated rings. The molecule has 1 atom stereocenters. The standard InChI is InChI=1S/C20H32N2O4/c1-20(2,3)19(26)17(13-15-7-9-16(24)10-8-15)21-18(25)14-22(4)11-5-6-12-23/h7-10,17,23-24H,5-6,11-14H2,1-4H3,(H,21,25)/t17-/m0/s1. The van der Waals surface area contributed by atoms with Gasteiger partial charge in [-0.3, -0.25) is 14.5 Å². The van der Waals surface area contributed by atoms with Crippen molar-refractivity contribution in [2.24, 2.45) is 5.41 Å². The number of aromatic hydroxyl groups is 1. The number of ketones is 1. The van der Waals surface area contributed by atoms with E-state index in [4.69, 9.17) is 5.11 Å². The Hall–Kier alpha value is -1.92. The van der Waals surface area contributed by atoms with Crippen molar-refractivity contribution in [2.45, 2.75) is 46.1 Å². The van der Waals surface area contributed by atoms with Crippen LogP contribution < -0.4 is 5.32 Å². The molecule has 6 heteroatoms. The number of hydrogen-bond acceptors (Lipinski definition) is 5. The fraction of sp³-hybridized carbons (Fsp3) is 0.600. The third kappa shape index (κ3) is 7.97. The number of likely N-dealkylation sites (N-methyl/N-ethyl adjacent to an activating group) is 1. The summed E-state index contributed by atoms with van der Waals surface area (Å²) in [6.45, 7) is 6.58. The lowest BCUT2D eigenvalue weighted by Crippen LogP contribution is -2.49. The highest BCUT2D eigenvalue weighted by atomic mass is 16.3. The number of unbranched alkanes of at least 4 members (excludes halogenated alkanes) is 1. The van der Waals surface area contributed by atoms with Crippen LogP contribution in [0, 0.1) is 5.41 Å². The molecular weight excluding hydrogens is 332 g/mol. The first-order valence-electron chi connectivity index (χ1n) is 9.04. The van der Waals surface area contributed by atoms with Crippen molar-refractivity contribution in [3.63, 3.8) is 0 Å². The van der Waals surface area contributed by atoms with Gasteiger partial charge in [0.25, 0.3) is 0 Å². The maximum absolute atomic E-state index is 12.8. The minimum atomic E-state index is -0.613.